The minimum Gasteiger partial charge on any atom is -0.329 e. The highest BCUT2D eigenvalue weighted by Gasteiger charge is 2.41. The van der Waals surface area contributed by atoms with Gasteiger partial charge in [0.15, 0.2) is 0 Å². The summed E-state index contributed by atoms with van der Waals surface area (Å²) in [6.45, 7) is 6.82. The van der Waals surface area contributed by atoms with Crippen molar-refractivity contribution >= 4 is 0 Å². The molecule has 0 saturated heterocycles. The molecule has 88 valence electrons. The van der Waals surface area contributed by atoms with Crippen molar-refractivity contribution in [3.63, 3.8) is 0 Å². The molecule has 0 aromatic rings. The van der Waals surface area contributed by atoms with Crippen LogP contribution in [0, 0.1) is 5.92 Å². The molecule has 2 nitrogen and oxygen atoms in total. The maximum Gasteiger partial charge on any atom is 0.0334 e. The first-order valence-electron chi connectivity index (χ1n) is 6.65. The van der Waals surface area contributed by atoms with Gasteiger partial charge in [-0.25, -0.2) is 0 Å². The fraction of sp³-hybridized carbons (Fsp3) is 1.00. The van der Waals surface area contributed by atoms with Gasteiger partial charge in [0.05, 0.1) is 0 Å². The SMILES string of the molecule is CC(C)N(CC1CC1)C1(CN)CCCC1. The average molecular weight is 210 g/mol. The van der Waals surface area contributed by atoms with E-state index in [1.807, 2.05) is 0 Å². The van der Waals surface area contributed by atoms with Gasteiger partial charge in [0, 0.05) is 24.7 Å². The summed E-state index contributed by atoms with van der Waals surface area (Å²) in [5, 5.41) is 0. The standard InChI is InChI=1S/C13H26N2/c1-11(2)15(9-12-5-6-12)13(10-14)7-3-4-8-13/h11-12H,3-10,14H2,1-2H3. The smallest absolute Gasteiger partial charge is 0.0334 e. The Bertz CT molecular complexity index is 203. The van der Waals surface area contributed by atoms with Gasteiger partial charge in [0.2, 0.25) is 0 Å². The summed E-state index contributed by atoms with van der Waals surface area (Å²) < 4.78 is 0. The van der Waals surface area contributed by atoms with Gasteiger partial charge in [-0.3, -0.25) is 4.90 Å². The Labute approximate surface area is 94.2 Å². The lowest BCUT2D eigenvalue weighted by Crippen LogP contribution is -2.55. The summed E-state index contributed by atoms with van der Waals surface area (Å²) in [4.78, 5) is 2.72. The van der Waals surface area contributed by atoms with E-state index in [1.165, 1.54) is 45.1 Å². The highest BCUT2D eigenvalue weighted by atomic mass is 15.2. The van der Waals surface area contributed by atoms with Crippen LogP contribution in [0.3, 0.4) is 0 Å². The van der Waals surface area contributed by atoms with Gasteiger partial charge in [0.1, 0.15) is 0 Å². The van der Waals surface area contributed by atoms with E-state index in [-0.39, 0.29) is 0 Å². The molecule has 2 heteroatoms. The Morgan fingerprint density at radius 1 is 1.27 bits per heavy atom. The predicted octanol–water partition coefficient (Wildman–Crippen LogP) is 2.38. The van der Waals surface area contributed by atoms with E-state index < -0.39 is 0 Å². The zero-order valence-electron chi connectivity index (χ0n) is 10.3. The fourth-order valence-corrected chi connectivity index (χ4v) is 3.17. The monoisotopic (exact) mass is 210 g/mol. The predicted molar refractivity (Wildman–Crippen MR) is 64.8 cm³/mol. The summed E-state index contributed by atoms with van der Waals surface area (Å²) in [5.41, 5.74) is 6.42. The van der Waals surface area contributed by atoms with E-state index >= 15 is 0 Å². The topological polar surface area (TPSA) is 29.3 Å². The van der Waals surface area contributed by atoms with Crippen molar-refractivity contribution in [3.05, 3.63) is 0 Å². The highest BCUT2D eigenvalue weighted by Crippen LogP contribution is 2.39. The van der Waals surface area contributed by atoms with Crippen LogP contribution in [0.5, 0.6) is 0 Å². The van der Waals surface area contributed by atoms with Crippen LogP contribution in [0.2, 0.25) is 0 Å². The first-order chi connectivity index (χ1) is 7.18. The van der Waals surface area contributed by atoms with E-state index in [2.05, 4.69) is 18.7 Å². The Morgan fingerprint density at radius 2 is 1.87 bits per heavy atom. The second-order valence-corrected chi connectivity index (χ2v) is 5.83. The second-order valence-electron chi connectivity index (χ2n) is 5.83. The van der Waals surface area contributed by atoms with Gasteiger partial charge < -0.3 is 5.73 Å². The van der Waals surface area contributed by atoms with Gasteiger partial charge in [-0.2, -0.15) is 0 Å². The summed E-state index contributed by atoms with van der Waals surface area (Å²) in [7, 11) is 0. The molecule has 2 aliphatic carbocycles. The third kappa shape index (κ3) is 2.36. The summed E-state index contributed by atoms with van der Waals surface area (Å²) in [6, 6.07) is 0.659. The third-order valence-electron chi connectivity index (χ3n) is 4.30. The maximum absolute atomic E-state index is 6.06. The maximum atomic E-state index is 6.06. The lowest BCUT2D eigenvalue weighted by Gasteiger charge is -2.43. The van der Waals surface area contributed by atoms with Gasteiger partial charge in [0.25, 0.3) is 0 Å². The minimum absolute atomic E-state index is 0.358. The van der Waals surface area contributed by atoms with Crippen molar-refractivity contribution in [1.29, 1.82) is 0 Å². The summed E-state index contributed by atoms with van der Waals surface area (Å²) in [6.07, 6.45) is 8.31. The molecule has 2 aliphatic rings. The zero-order chi connectivity index (χ0) is 10.9. The van der Waals surface area contributed by atoms with Crippen LogP contribution >= 0.6 is 0 Å². The molecule has 0 aromatic carbocycles. The number of rotatable bonds is 5. The summed E-state index contributed by atoms with van der Waals surface area (Å²) >= 11 is 0. The number of hydrogen-bond acceptors (Lipinski definition) is 2. The molecule has 0 aromatic heterocycles. The zero-order valence-corrected chi connectivity index (χ0v) is 10.3. The molecule has 0 unspecified atom stereocenters. The molecule has 0 spiro atoms. The number of nitrogens with two attached hydrogens (primary N) is 1. The molecular weight excluding hydrogens is 184 g/mol. The molecule has 2 N–H and O–H groups in total. The molecule has 15 heavy (non-hydrogen) atoms. The van der Waals surface area contributed by atoms with Crippen LogP contribution in [0.15, 0.2) is 0 Å². The molecular formula is C13H26N2. The van der Waals surface area contributed by atoms with Crippen molar-refractivity contribution < 1.29 is 0 Å². The van der Waals surface area contributed by atoms with E-state index in [4.69, 9.17) is 5.73 Å². The normalized spacial score (nSPS) is 25.4. The van der Waals surface area contributed by atoms with E-state index in [9.17, 15) is 0 Å². The van der Waals surface area contributed by atoms with Crippen LogP contribution in [0.4, 0.5) is 0 Å². The van der Waals surface area contributed by atoms with E-state index in [0.29, 0.717) is 11.6 Å². The molecule has 0 atom stereocenters. The van der Waals surface area contributed by atoms with E-state index in [1.54, 1.807) is 0 Å². The minimum atomic E-state index is 0.358. The number of hydrogen-bond donors (Lipinski definition) is 1. The van der Waals surface area contributed by atoms with Crippen molar-refractivity contribution in [2.24, 2.45) is 11.7 Å². The van der Waals surface area contributed by atoms with Gasteiger partial charge in [-0.05, 0) is 45.4 Å². The molecule has 0 heterocycles. The van der Waals surface area contributed by atoms with Gasteiger partial charge in [-0.1, -0.05) is 12.8 Å². The summed E-state index contributed by atoms with van der Waals surface area (Å²) in [5.74, 6) is 0.983. The molecule has 0 radical (unpaired) electrons. The molecule has 0 bridgehead atoms. The largest absolute Gasteiger partial charge is 0.329 e. The Kier molecular flexibility index (Phi) is 3.36. The van der Waals surface area contributed by atoms with Crippen LogP contribution in [0.1, 0.15) is 52.4 Å². The van der Waals surface area contributed by atoms with Crippen molar-refractivity contribution in [2.75, 3.05) is 13.1 Å². The van der Waals surface area contributed by atoms with Crippen molar-refractivity contribution in [2.45, 2.75) is 64.0 Å². The van der Waals surface area contributed by atoms with Crippen LogP contribution < -0.4 is 5.73 Å². The van der Waals surface area contributed by atoms with Gasteiger partial charge >= 0.3 is 0 Å². The van der Waals surface area contributed by atoms with Crippen LogP contribution in [0.25, 0.3) is 0 Å². The Hall–Kier alpha value is -0.0800. The highest BCUT2D eigenvalue weighted by molar-refractivity contribution is 4.98. The quantitative estimate of drug-likeness (QED) is 0.755. The first kappa shape index (κ1) is 11.4. The first-order valence-corrected chi connectivity index (χ1v) is 6.65. The molecule has 2 rings (SSSR count). The molecule has 2 saturated carbocycles. The van der Waals surface area contributed by atoms with E-state index in [0.717, 1.165) is 12.5 Å². The average Bonchev–Trinajstić information content (AvgIpc) is 2.91. The molecule has 0 amide bonds. The fourth-order valence-electron chi connectivity index (χ4n) is 3.17. The number of nitrogens with zero attached hydrogens (tertiary/aromatic N) is 1. The Morgan fingerprint density at radius 3 is 2.27 bits per heavy atom. The van der Waals surface area contributed by atoms with Crippen molar-refractivity contribution in [1.82, 2.24) is 4.90 Å². The second kappa shape index (κ2) is 4.42. The molecule has 2 fully saturated rings. The Balaban J connectivity index is 2.05. The molecule has 0 aliphatic heterocycles. The van der Waals surface area contributed by atoms with Crippen LogP contribution in [-0.4, -0.2) is 29.6 Å². The van der Waals surface area contributed by atoms with Crippen LogP contribution in [-0.2, 0) is 0 Å². The van der Waals surface area contributed by atoms with Crippen molar-refractivity contribution in [3.8, 4) is 0 Å². The lowest BCUT2D eigenvalue weighted by molar-refractivity contribution is 0.0609. The lowest BCUT2D eigenvalue weighted by atomic mass is 9.93. The van der Waals surface area contributed by atoms with Gasteiger partial charge in [-0.15, -0.1) is 0 Å². The third-order valence-corrected chi connectivity index (χ3v) is 4.30.